The van der Waals surface area contributed by atoms with Crippen LogP contribution in [-0.2, 0) is 10.0 Å². The Bertz CT molecular complexity index is 1180. The molecule has 1 aliphatic rings. The van der Waals surface area contributed by atoms with Crippen LogP contribution in [0.2, 0.25) is 0 Å². The molecule has 0 N–H and O–H groups in total. The molecule has 0 saturated carbocycles. The molecule has 0 spiro atoms. The fraction of sp³-hybridized carbons (Fsp3) is 0.364. The van der Waals surface area contributed by atoms with Gasteiger partial charge in [-0.25, -0.2) is 8.42 Å². The predicted octanol–water partition coefficient (Wildman–Crippen LogP) is 3.63. The van der Waals surface area contributed by atoms with Crippen molar-refractivity contribution in [3.05, 3.63) is 53.9 Å². The largest absolute Gasteiger partial charge is 0.497 e. The van der Waals surface area contributed by atoms with Crippen LogP contribution in [0.4, 0.5) is 0 Å². The van der Waals surface area contributed by atoms with Gasteiger partial charge >= 0.3 is 0 Å². The first kappa shape index (κ1) is 21.3. The third-order valence-electron chi connectivity index (χ3n) is 5.49. The molecule has 4 rings (SSSR count). The summed E-state index contributed by atoms with van der Waals surface area (Å²) in [6.45, 7) is 2.59. The first-order valence-corrected chi connectivity index (χ1v) is 11.5. The van der Waals surface area contributed by atoms with Gasteiger partial charge in [0.05, 0.1) is 25.0 Å². The Hall–Kier alpha value is -2.91. The lowest BCUT2D eigenvalue weighted by Gasteiger charge is -2.30. The second kappa shape index (κ2) is 8.68. The second-order valence-corrected chi connectivity index (χ2v) is 9.45. The van der Waals surface area contributed by atoms with Crippen molar-refractivity contribution in [2.75, 3.05) is 27.3 Å². The molecule has 3 aromatic rings. The van der Waals surface area contributed by atoms with Crippen LogP contribution in [0.5, 0.6) is 11.5 Å². The highest BCUT2D eigenvalue weighted by Gasteiger charge is 2.33. The van der Waals surface area contributed by atoms with E-state index in [2.05, 4.69) is 10.2 Å². The van der Waals surface area contributed by atoms with E-state index in [9.17, 15) is 8.42 Å². The van der Waals surface area contributed by atoms with Crippen molar-refractivity contribution in [3.63, 3.8) is 0 Å². The van der Waals surface area contributed by atoms with Crippen molar-refractivity contribution >= 4 is 10.0 Å². The van der Waals surface area contributed by atoms with Gasteiger partial charge in [-0.2, -0.15) is 4.31 Å². The number of sulfonamides is 1. The Labute approximate surface area is 181 Å². The summed E-state index contributed by atoms with van der Waals surface area (Å²) in [7, 11) is -0.471. The number of ether oxygens (including phenoxy) is 2. The number of benzene rings is 2. The molecule has 1 aromatic heterocycles. The van der Waals surface area contributed by atoms with E-state index in [1.165, 1.54) is 4.31 Å². The fourth-order valence-electron chi connectivity index (χ4n) is 3.80. The molecule has 2 aromatic carbocycles. The number of rotatable bonds is 6. The van der Waals surface area contributed by atoms with Gasteiger partial charge in [-0.05, 0) is 61.7 Å². The summed E-state index contributed by atoms with van der Waals surface area (Å²) in [6, 6.07) is 12.3. The minimum Gasteiger partial charge on any atom is -0.497 e. The highest BCUT2D eigenvalue weighted by atomic mass is 32.2. The molecule has 1 atom stereocenters. The summed E-state index contributed by atoms with van der Waals surface area (Å²) in [6.07, 6.45) is 1.50. The third-order valence-corrected chi connectivity index (χ3v) is 7.36. The molecule has 8 nitrogen and oxygen atoms in total. The Kier molecular flexibility index (Phi) is 5.97. The summed E-state index contributed by atoms with van der Waals surface area (Å²) < 4.78 is 44.3. The Morgan fingerprint density at radius 1 is 1.10 bits per heavy atom. The van der Waals surface area contributed by atoms with Gasteiger partial charge in [0.1, 0.15) is 11.5 Å². The summed E-state index contributed by atoms with van der Waals surface area (Å²) in [4.78, 5) is 0.258. The molecule has 2 heterocycles. The summed E-state index contributed by atoms with van der Waals surface area (Å²) in [5, 5.41) is 8.36. The van der Waals surface area contributed by atoms with Crippen molar-refractivity contribution in [1.82, 2.24) is 14.5 Å². The molecule has 0 radical (unpaired) electrons. The zero-order valence-corrected chi connectivity index (χ0v) is 18.6. The maximum atomic E-state index is 13.2. The van der Waals surface area contributed by atoms with Crippen LogP contribution in [0, 0.1) is 6.92 Å². The average molecular weight is 444 g/mol. The summed E-state index contributed by atoms with van der Waals surface area (Å²) in [5.74, 6) is 2.03. The van der Waals surface area contributed by atoms with E-state index in [-0.39, 0.29) is 10.8 Å². The lowest BCUT2D eigenvalue weighted by atomic mass is 10.00. The predicted molar refractivity (Wildman–Crippen MR) is 115 cm³/mol. The van der Waals surface area contributed by atoms with Crippen LogP contribution in [0.25, 0.3) is 11.5 Å². The van der Waals surface area contributed by atoms with Gasteiger partial charge in [0.2, 0.25) is 21.8 Å². The Morgan fingerprint density at radius 2 is 1.94 bits per heavy atom. The van der Waals surface area contributed by atoms with E-state index in [4.69, 9.17) is 13.9 Å². The number of piperidine rings is 1. The third kappa shape index (κ3) is 4.28. The van der Waals surface area contributed by atoms with Crippen molar-refractivity contribution in [3.8, 4) is 23.0 Å². The number of nitrogens with zero attached hydrogens (tertiary/aromatic N) is 3. The lowest BCUT2D eigenvalue weighted by Crippen LogP contribution is -2.39. The quantitative estimate of drug-likeness (QED) is 0.574. The molecule has 1 saturated heterocycles. The molecule has 0 unspecified atom stereocenters. The van der Waals surface area contributed by atoms with Gasteiger partial charge in [-0.15, -0.1) is 10.2 Å². The van der Waals surface area contributed by atoms with Gasteiger partial charge in [-0.1, -0.05) is 6.07 Å². The highest BCUT2D eigenvalue weighted by Crippen LogP contribution is 2.32. The zero-order valence-electron chi connectivity index (χ0n) is 17.7. The molecular formula is C22H25N3O5S. The van der Waals surface area contributed by atoms with Gasteiger partial charge in [0.15, 0.2) is 0 Å². The number of aryl methyl sites for hydroxylation is 1. The minimum atomic E-state index is -3.63. The number of methoxy groups -OCH3 is 2. The van der Waals surface area contributed by atoms with Crippen LogP contribution < -0.4 is 9.47 Å². The van der Waals surface area contributed by atoms with Gasteiger partial charge in [-0.3, -0.25) is 0 Å². The molecule has 0 amide bonds. The van der Waals surface area contributed by atoms with E-state index >= 15 is 0 Å². The molecule has 31 heavy (non-hydrogen) atoms. The van der Waals surface area contributed by atoms with Crippen molar-refractivity contribution in [2.24, 2.45) is 0 Å². The molecule has 164 valence electrons. The van der Waals surface area contributed by atoms with Gasteiger partial charge < -0.3 is 13.9 Å². The second-order valence-electron chi connectivity index (χ2n) is 7.51. The first-order valence-electron chi connectivity index (χ1n) is 10.0. The van der Waals surface area contributed by atoms with Gasteiger partial charge in [0, 0.05) is 18.7 Å². The van der Waals surface area contributed by atoms with E-state index < -0.39 is 10.0 Å². The maximum absolute atomic E-state index is 13.2. The van der Waals surface area contributed by atoms with E-state index in [1.54, 1.807) is 32.4 Å². The van der Waals surface area contributed by atoms with Gasteiger partial charge in [0.25, 0.3) is 0 Å². The average Bonchev–Trinajstić information content (AvgIpc) is 3.29. The molecular weight excluding hydrogens is 418 g/mol. The standard InChI is InChI=1S/C22H25N3O5S/c1-15-12-19(9-10-20(15)29-3)31(26,27)25-11-5-7-17(14-25)22-24-23-21(30-22)16-6-4-8-18(13-16)28-2/h4,6,8-10,12-13,17H,5,7,11,14H2,1-3H3/t17-/m1/s1. The monoisotopic (exact) mass is 443 g/mol. The van der Waals surface area contributed by atoms with Crippen molar-refractivity contribution in [1.29, 1.82) is 0 Å². The van der Waals surface area contributed by atoms with Crippen molar-refractivity contribution < 1.29 is 22.3 Å². The molecule has 1 aliphatic heterocycles. The van der Waals surface area contributed by atoms with Crippen LogP contribution in [0.1, 0.15) is 30.2 Å². The minimum absolute atomic E-state index is 0.158. The molecule has 0 aliphatic carbocycles. The topological polar surface area (TPSA) is 94.8 Å². The smallest absolute Gasteiger partial charge is 0.247 e. The Morgan fingerprint density at radius 3 is 2.68 bits per heavy atom. The van der Waals surface area contributed by atoms with E-state index in [0.29, 0.717) is 36.4 Å². The number of aromatic nitrogens is 2. The van der Waals surface area contributed by atoms with Crippen LogP contribution in [0.15, 0.2) is 51.8 Å². The Balaban J connectivity index is 1.55. The number of hydrogen-bond donors (Lipinski definition) is 0. The van der Waals surface area contributed by atoms with Crippen LogP contribution in [0.3, 0.4) is 0 Å². The molecule has 9 heteroatoms. The van der Waals surface area contributed by atoms with E-state index in [0.717, 1.165) is 24.0 Å². The molecule has 1 fully saturated rings. The van der Waals surface area contributed by atoms with Crippen LogP contribution in [-0.4, -0.2) is 50.2 Å². The summed E-state index contributed by atoms with van der Waals surface area (Å²) >= 11 is 0. The lowest BCUT2D eigenvalue weighted by molar-refractivity contribution is 0.286. The van der Waals surface area contributed by atoms with E-state index in [1.807, 2.05) is 31.2 Å². The first-order chi connectivity index (χ1) is 14.9. The number of hydrogen-bond acceptors (Lipinski definition) is 7. The van der Waals surface area contributed by atoms with Crippen molar-refractivity contribution in [2.45, 2.75) is 30.6 Å². The van der Waals surface area contributed by atoms with Crippen LogP contribution >= 0.6 is 0 Å². The highest BCUT2D eigenvalue weighted by molar-refractivity contribution is 7.89. The maximum Gasteiger partial charge on any atom is 0.247 e. The fourth-order valence-corrected chi connectivity index (χ4v) is 5.40. The summed E-state index contributed by atoms with van der Waals surface area (Å²) in [5.41, 5.74) is 1.53. The SMILES string of the molecule is COc1cccc(-c2nnc([C@@H]3CCCN(S(=O)(=O)c4ccc(OC)c(C)c4)C3)o2)c1. The normalized spacial score (nSPS) is 17.5. The molecule has 0 bridgehead atoms. The zero-order chi connectivity index (χ0) is 22.0.